The van der Waals surface area contributed by atoms with Crippen molar-refractivity contribution in [1.29, 1.82) is 0 Å². The lowest BCUT2D eigenvalue weighted by atomic mass is 10.0. The molecule has 24 heavy (non-hydrogen) atoms. The second kappa shape index (κ2) is 7.04. The Morgan fingerprint density at radius 1 is 1.12 bits per heavy atom. The summed E-state index contributed by atoms with van der Waals surface area (Å²) in [6.45, 7) is 12.3. The molecular weight excluding hydrogens is 298 g/mol. The molecule has 0 unspecified atom stereocenters. The molecule has 128 valence electrons. The van der Waals surface area contributed by atoms with Crippen molar-refractivity contribution >= 4 is 28.6 Å². The van der Waals surface area contributed by atoms with Crippen LogP contribution in [0.1, 0.15) is 51.9 Å². The highest BCUT2D eigenvalue weighted by Gasteiger charge is 2.25. The summed E-state index contributed by atoms with van der Waals surface area (Å²) in [6, 6.07) is 8.71. The SMILES string of the molecule is CC.CC1=NN(C)C(=O)C1=Cc1c(C)n(C(C)C)c2ccccc12. The number of hydrogen-bond donors (Lipinski definition) is 0. The number of nitrogens with zero attached hydrogens (tertiary/aromatic N) is 3. The van der Waals surface area contributed by atoms with E-state index in [0.29, 0.717) is 11.6 Å². The topological polar surface area (TPSA) is 37.6 Å². The van der Waals surface area contributed by atoms with E-state index in [4.69, 9.17) is 0 Å². The number of carbonyl (C=O) groups excluding carboxylic acids is 1. The molecule has 4 nitrogen and oxygen atoms in total. The van der Waals surface area contributed by atoms with Crippen LogP contribution in [-0.2, 0) is 4.79 Å². The van der Waals surface area contributed by atoms with Crippen LogP contribution in [-0.4, -0.2) is 28.2 Å². The number of para-hydroxylation sites is 1. The molecule has 2 heterocycles. The van der Waals surface area contributed by atoms with Gasteiger partial charge in [0.1, 0.15) is 0 Å². The quantitative estimate of drug-likeness (QED) is 0.732. The molecule has 1 aromatic carbocycles. The first-order chi connectivity index (χ1) is 11.4. The highest BCUT2D eigenvalue weighted by molar-refractivity contribution is 6.27. The van der Waals surface area contributed by atoms with Crippen molar-refractivity contribution in [2.45, 2.75) is 47.6 Å². The molecule has 0 bridgehead atoms. The lowest BCUT2D eigenvalue weighted by molar-refractivity contribution is -0.124. The second-order valence-electron chi connectivity index (χ2n) is 6.05. The van der Waals surface area contributed by atoms with E-state index >= 15 is 0 Å². The second-order valence-corrected chi connectivity index (χ2v) is 6.05. The van der Waals surface area contributed by atoms with Crippen LogP contribution in [0.15, 0.2) is 34.9 Å². The van der Waals surface area contributed by atoms with Gasteiger partial charge < -0.3 is 4.57 Å². The normalized spacial score (nSPS) is 16.0. The molecule has 1 aliphatic rings. The molecule has 0 N–H and O–H groups in total. The minimum absolute atomic E-state index is 0.0433. The van der Waals surface area contributed by atoms with Crippen LogP contribution >= 0.6 is 0 Å². The number of benzene rings is 1. The molecule has 4 heteroatoms. The van der Waals surface area contributed by atoms with E-state index in [1.165, 1.54) is 21.6 Å². The molecule has 3 rings (SSSR count). The smallest absolute Gasteiger partial charge is 0.275 e. The number of fused-ring (bicyclic) bond motifs is 1. The van der Waals surface area contributed by atoms with Gasteiger partial charge in [0.05, 0.1) is 11.3 Å². The van der Waals surface area contributed by atoms with Crippen LogP contribution in [0, 0.1) is 6.92 Å². The number of likely N-dealkylation sites (N-methyl/N-ethyl adjacent to an activating group) is 1. The lowest BCUT2D eigenvalue weighted by Crippen LogP contribution is -2.16. The Hall–Kier alpha value is -2.36. The van der Waals surface area contributed by atoms with Crippen molar-refractivity contribution in [3.63, 3.8) is 0 Å². The van der Waals surface area contributed by atoms with Crippen LogP contribution in [0.5, 0.6) is 0 Å². The van der Waals surface area contributed by atoms with Gasteiger partial charge in [-0.2, -0.15) is 5.10 Å². The van der Waals surface area contributed by atoms with Gasteiger partial charge in [0.2, 0.25) is 0 Å². The summed E-state index contributed by atoms with van der Waals surface area (Å²) >= 11 is 0. The van der Waals surface area contributed by atoms with Crippen LogP contribution in [0.2, 0.25) is 0 Å². The molecular formula is C20H27N3O. The fraction of sp³-hybridized carbons (Fsp3) is 0.400. The van der Waals surface area contributed by atoms with Crippen molar-refractivity contribution in [1.82, 2.24) is 9.58 Å². The number of amides is 1. The Labute approximate surface area is 144 Å². The molecule has 0 saturated heterocycles. The van der Waals surface area contributed by atoms with Crippen molar-refractivity contribution in [3.8, 4) is 0 Å². The van der Waals surface area contributed by atoms with Crippen LogP contribution in [0.3, 0.4) is 0 Å². The zero-order valence-electron chi connectivity index (χ0n) is 15.7. The monoisotopic (exact) mass is 325 g/mol. The Kier molecular flexibility index (Phi) is 5.27. The summed E-state index contributed by atoms with van der Waals surface area (Å²) in [6.07, 6.45) is 1.99. The highest BCUT2D eigenvalue weighted by Crippen LogP contribution is 2.31. The van der Waals surface area contributed by atoms with Gasteiger partial charge in [-0.1, -0.05) is 32.0 Å². The number of hydrazone groups is 1. The van der Waals surface area contributed by atoms with Gasteiger partial charge in [0.15, 0.2) is 0 Å². The van der Waals surface area contributed by atoms with E-state index in [1.54, 1.807) is 7.05 Å². The standard InChI is InChI=1S/C18H21N3O.C2H6/c1-11(2)21-13(4)16(14-8-6-7-9-17(14)21)10-15-12(3)19-20(5)18(15)22;1-2/h6-11H,1-5H3;1-2H3. The minimum Gasteiger partial charge on any atom is -0.342 e. The largest absolute Gasteiger partial charge is 0.342 e. The van der Waals surface area contributed by atoms with Crippen molar-refractivity contribution < 1.29 is 4.79 Å². The van der Waals surface area contributed by atoms with E-state index in [1.807, 2.05) is 32.9 Å². The molecule has 1 aromatic heterocycles. The average molecular weight is 325 g/mol. The van der Waals surface area contributed by atoms with Gasteiger partial charge in [-0.15, -0.1) is 0 Å². The fourth-order valence-corrected chi connectivity index (χ4v) is 3.23. The third-order valence-corrected chi connectivity index (χ3v) is 4.22. The maximum Gasteiger partial charge on any atom is 0.275 e. The van der Waals surface area contributed by atoms with Gasteiger partial charge in [-0.05, 0) is 39.8 Å². The lowest BCUT2D eigenvalue weighted by Gasteiger charge is -2.12. The summed E-state index contributed by atoms with van der Waals surface area (Å²) in [5.74, 6) is -0.0433. The summed E-state index contributed by atoms with van der Waals surface area (Å²) < 4.78 is 2.32. The first kappa shape index (κ1) is 18.0. The molecule has 1 aliphatic heterocycles. The third-order valence-electron chi connectivity index (χ3n) is 4.22. The number of rotatable bonds is 2. The third kappa shape index (κ3) is 2.88. The van der Waals surface area contributed by atoms with Gasteiger partial charge in [-0.25, -0.2) is 5.01 Å². The summed E-state index contributed by atoms with van der Waals surface area (Å²) in [4.78, 5) is 12.2. The molecule has 2 aromatic rings. The van der Waals surface area contributed by atoms with Crippen molar-refractivity contribution in [2.24, 2.45) is 5.10 Å². The van der Waals surface area contributed by atoms with Gasteiger partial charge in [0.25, 0.3) is 5.91 Å². The molecule has 0 atom stereocenters. The zero-order valence-corrected chi connectivity index (χ0v) is 15.7. The number of aromatic nitrogens is 1. The van der Waals surface area contributed by atoms with Crippen LogP contribution < -0.4 is 0 Å². The Morgan fingerprint density at radius 2 is 1.75 bits per heavy atom. The fourth-order valence-electron chi connectivity index (χ4n) is 3.23. The molecule has 0 aliphatic carbocycles. The van der Waals surface area contributed by atoms with Crippen LogP contribution in [0.25, 0.3) is 17.0 Å². The van der Waals surface area contributed by atoms with E-state index in [-0.39, 0.29) is 5.91 Å². The maximum absolute atomic E-state index is 12.2. The molecule has 0 saturated carbocycles. The predicted octanol–water partition coefficient (Wildman–Crippen LogP) is 4.79. The van der Waals surface area contributed by atoms with E-state index < -0.39 is 0 Å². The van der Waals surface area contributed by atoms with Gasteiger partial charge in [0, 0.05) is 35.2 Å². The first-order valence-electron chi connectivity index (χ1n) is 8.56. The van der Waals surface area contributed by atoms with Gasteiger partial charge in [-0.3, -0.25) is 4.79 Å². The number of hydrogen-bond acceptors (Lipinski definition) is 2. The van der Waals surface area contributed by atoms with E-state index in [9.17, 15) is 4.79 Å². The molecule has 0 radical (unpaired) electrons. The minimum atomic E-state index is -0.0433. The van der Waals surface area contributed by atoms with Crippen molar-refractivity contribution in [2.75, 3.05) is 7.05 Å². The van der Waals surface area contributed by atoms with Crippen molar-refractivity contribution in [3.05, 3.63) is 41.1 Å². The molecule has 0 spiro atoms. The Balaban J connectivity index is 0.00000100. The first-order valence-corrected chi connectivity index (χ1v) is 8.56. The summed E-state index contributed by atoms with van der Waals surface area (Å²) in [5, 5.41) is 6.80. The van der Waals surface area contributed by atoms with Gasteiger partial charge >= 0.3 is 0 Å². The van der Waals surface area contributed by atoms with Crippen LogP contribution in [0.4, 0.5) is 0 Å². The molecule has 1 amide bonds. The maximum atomic E-state index is 12.2. The number of carbonyl (C=O) groups is 1. The average Bonchev–Trinajstić information content (AvgIpc) is 2.97. The van der Waals surface area contributed by atoms with E-state index in [2.05, 4.69) is 48.6 Å². The highest BCUT2D eigenvalue weighted by atomic mass is 16.2. The Morgan fingerprint density at radius 3 is 2.29 bits per heavy atom. The molecule has 0 fully saturated rings. The predicted molar refractivity (Wildman–Crippen MR) is 102 cm³/mol. The summed E-state index contributed by atoms with van der Waals surface area (Å²) in [5.41, 5.74) is 4.94. The Bertz CT molecular complexity index is 825. The van der Waals surface area contributed by atoms with E-state index in [0.717, 1.165) is 11.3 Å². The zero-order chi connectivity index (χ0) is 18.0. The summed E-state index contributed by atoms with van der Waals surface area (Å²) in [7, 11) is 1.69.